The zero-order valence-electron chi connectivity index (χ0n) is 14.6. The number of anilines is 1. The van der Waals surface area contributed by atoms with Gasteiger partial charge in [-0.1, -0.05) is 0 Å². The Morgan fingerprint density at radius 2 is 2.22 bits per heavy atom. The number of carbonyl (C=O) groups is 3. The van der Waals surface area contributed by atoms with Crippen molar-refractivity contribution in [1.29, 1.82) is 0 Å². The molecule has 1 aromatic heterocycles. The maximum absolute atomic E-state index is 12.8. The van der Waals surface area contributed by atoms with E-state index in [0.29, 0.717) is 29.9 Å². The van der Waals surface area contributed by atoms with Crippen molar-refractivity contribution in [1.82, 2.24) is 4.90 Å². The van der Waals surface area contributed by atoms with E-state index in [9.17, 15) is 19.5 Å². The van der Waals surface area contributed by atoms with Gasteiger partial charge >= 0.3 is 0 Å². The normalized spacial score (nSPS) is 26.5. The number of pyridine rings is 1. The van der Waals surface area contributed by atoms with Gasteiger partial charge in [-0.15, -0.1) is 11.8 Å². The van der Waals surface area contributed by atoms with Gasteiger partial charge in [-0.25, -0.2) is 4.57 Å². The van der Waals surface area contributed by atoms with E-state index in [2.05, 4.69) is 0 Å². The molecule has 2 saturated heterocycles. The summed E-state index contributed by atoms with van der Waals surface area (Å²) in [4.78, 5) is 39.3. The summed E-state index contributed by atoms with van der Waals surface area (Å²) in [7, 11) is 1.88. The van der Waals surface area contributed by atoms with Gasteiger partial charge in [0.15, 0.2) is 12.4 Å². The van der Waals surface area contributed by atoms with Crippen LogP contribution in [0.1, 0.15) is 6.42 Å². The van der Waals surface area contributed by atoms with Crippen molar-refractivity contribution in [2.24, 2.45) is 12.8 Å². The van der Waals surface area contributed by atoms with Crippen molar-refractivity contribution in [3.05, 3.63) is 47.4 Å². The minimum Gasteiger partial charge on any atom is -0.543 e. The van der Waals surface area contributed by atoms with E-state index in [1.54, 1.807) is 11.0 Å². The Morgan fingerprint density at radius 3 is 2.93 bits per heavy atom. The lowest BCUT2D eigenvalue weighted by atomic mass is 10.0. The zero-order chi connectivity index (χ0) is 19.3. The minimum atomic E-state index is -1.43. The lowest BCUT2D eigenvalue weighted by Gasteiger charge is -2.49. The number of aliphatic carboxylic acids is 1. The molecule has 1 aromatic rings. The molecule has 9 heteroatoms. The van der Waals surface area contributed by atoms with Gasteiger partial charge in [0.1, 0.15) is 24.2 Å². The van der Waals surface area contributed by atoms with E-state index in [-0.39, 0.29) is 17.0 Å². The zero-order valence-corrected chi connectivity index (χ0v) is 15.4. The molecule has 2 atom stereocenters. The van der Waals surface area contributed by atoms with E-state index in [4.69, 9.17) is 5.73 Å². The molecule has 4 rings (SSSR count). The first-order chi connectivity index (χ1) is 12.9. The molecule has 3 aliphatic rings. The summed E-state index contributed by atoms with van der Waals surface area (Å²) < 4.78 is 1.86. The third-order valence-electron chi connectivity index (χ3n) is 4.94. The van der Waals surface area contributed by atoms with Crippen molar-refractivity contribution in [3.8, 4) is 0 Å². The fourth-order valence-electron chi connectivity index (χ4n) is 3.58. The number of nitrogens with two attached hydrogens (primary N) is 1. The second-order valence-corrected chi connectivity index (χ2v) is 7.81. The summed E-state index contributed by atoms with van der Waals surface area (Å²) in [6.07, 6.45) is 5.83. The number of carboxylic acid groups (broad SMARTS) is 1. The molecule has 0 aromatic carbocycles. The van der Waals surface area contributed by atoms with Gasteiger partial charge in [-0.05, 0) is 24.1 Å². The first kappa shape index (κ1) is 17.7. The highest BCUT2D eigenvalue weighted by Gasteiger charge is 2.50. The number of rotatable bonds is 3. The smallest absolute Gasteiger partial charge is 0.254 e. The Morgan fingerprint density at radius 1 is 1.44 bits per heavy atom. The van der Waals surface area contributed by atoms with Gasteiger partial charge in [0.2, 0.25) is 5.91 Å². The predicted molar refractivity (Wildman–Crippen MR) is 95.8 cm³/mol. The molecule has 140 valence electrons. The second kappa shape index (κ2) is 6.50. The third-order valence-corrected chi connectivity index (χ3v) is 6.26. The first-order valence-electron chi connectivity index (χ1n) is 8.51. The maximum Gasteiger partial charge on any atom is 0.254 e. The second-order valence-electron chi connectivity index (χ2n) is 6.70. The number of hydrogen-bond donors (Lipinski definition) is 1. The minimum absolute atomic E-state index is 0.162. The lowest BCUT2D eigenvalue weighted by Crippen LogP contribution is -2.69. The molecule has 4 heterocycles. The largest absolute Gasteiger partial charge is 0.543 e. The summed E-state index contributed by atoms with van der Waals surface area (Å²) >= 11 is 1.40. The Balaban J connectivity index is 1.66. The van der Waals surface area contributed by atoms with Crippen LogP contribution in [-0.4, -0.2) is 46.4 Å². The molecular formula is C18H18N4O4S. The number of fused-ring (bicyclic) bond motifs is 1. The van der Waals surface area contributed by atoms with Crippen molar-refractivity contribution in [2.45, 2.75) is 17.8 Å². The number of hydrogen-bond acceptors (Lipinski definition) is 6. The van der Waals surface area contributed by atoms with Crippen molar-refractivity contribution in [3.63, 3.8) is 0 Å². The molecule has 27 heavy (non-hydrogen) atoms. The fraction of sp³-hybridized carbons (Fsp3) is 0.333. The Hall–Kier alpha value is -2.65. The number of carboxylic acids is 1. The van der Waals surface area contributed by atoms with Crippen LogP contribution in [0.2, 0.25) is 0 Å². The van der Waals surface area contributed by atoms with Crippen LogP contribution in [0.4, 0.5) is 5.69 Å². The number of thioether (sulfide) groups is 1. The SMILES string of the molecule is C[n+]1cccc(N2CC/C(=C\C3=C(C(=O)[O-])N4C(=O)[C@@H](N)[C@H]4SC3)C2=O)c1. The predicted octanol–water partition coefficient (Wildman–Crippen LogP) is -1.58. The van der Waals surface area contributed by atoms with Gasteiger partial charge in [-0.3, -0.25) is 14.5 Å². The lowest BCUT2D eigenvalue weighted by molar-refractivity contribution is -0.670. The van der Waals surface area contributed by atoms with Crippen molar-refractivity contribution < 1.29 is 24.1 Å². The average Bonchev–Trinajstić information content (AvgIpc) is 3.01. The van der Waals surface area contributed by atoms with Gasteiger partial charge in [0.25, 0.3) is 5.91 Å². The fourth-order valence-corrected chi connectivity index (χ4v) is 4.83. The van der Waals surface area contributed by atoms with E-state index in [1.165, 1.54) is 16.7 Å². The van der Waals surface area contributed by atoms with Crippen molar-refractivity contribution >= 4 is 35.2 Å². The first-order valence-corrected chi connectivity index (χ1v) is 9.56. The summed E-state index contributed by atoms with van der Waals surface area (Å²) in [6, 6.07) is 3.02. The van der Waals surface area contributed by atoms with E-state index in [0.717, 1.165) is 5.69 Å². The highest BCUT2D eigenvalue weighted by Crippen LogP contribution is 2.40. The molecule has 0 bridgehead atoms. The molecule has 2 fully saturated rings. The van der Waals surface area contributed by atoms with Crippen LogP contribution in [-0.2, 0) is 21.4 Å². The van der Waals surface area contributed by atoms with Crippen LogP contribution in [0.5, 0.6) is 0 Å². The standard InChI is InChI=1S/C18H18N4O4S/c1-20-5-2-3-12(8-20)21-6-4-10(15(21)23)7-11-9-27-17-13(19)16(24)22(17)14(11)18(25)26/h2-3,5,7-8,13,17H,4,6,9,19H2,1H3/b10-7+/t13-,17-/m1/s1. The van der Waals surface area contributed by atoms with Gasteiger partial charge in [0.05, 0.1) is 11.7 Å². The third kappa shape index (κ3) is 2.83. The Labute approximate surface area is 159 Å². The van der Waals surface area contributed by atoms with E-state index in [1.807, 2.05) is 36.1 Å². The number of carbonyl (C=O) groups excluding carboxylic acids is 3. The molecule has 0 aliphatic carbocycles. The van der Waals surface area contributed by atoms with Crippen LogP contribution >= 0.6 is 11.8 Å². The van der Waals surface area contributed by atoms with Crippen LogP contribution in [0.3, 0.4) is 0 Å². The highest BCUT2D eigenvalue weighted by atomic mass is 32.2. The van der Waals surface area contributed by atoms with E-state index < -0.39 is 17.9 Å². The molecule has 2 N–H and O–H groups in total. The Kier molecular flexibility index (Phi) is 4.27. The monoisotopic (exact) mass is 386 g/mol. The van der Waals surface area contributed by atoms with E-state index >= 15 is 0 Å². The van der Waals surface area contributed by atoms with Crippen LogP contribution in [0.25, 0.3) is 0 Å². The van der Waals surface area contributed by atoms with Gasteiger partial charge < -0.3 is 20.5 Å². The quantitative estimate of drug-likeness (QED) is 0.381. The number of nitrogens with zero attached hydrogens (tertiary/aromatic N) is 3. The number of β-lactam (4-membered cyclic amide) rings is 1. The molecule has 8 nitrogen and oxygen atoms in total. The molecule has 0 spiro atoms. The molecule has 0 radical (unpaired) electrons. The van der Waals surface area contributed by atoms with Gasteiger partial charge in [-0.2, -0.15) is 0 Å². The van der Waals surface area contributed by atoms with Crippen LogP contribution in [0, 0.1) is 0 Å². The number of allylic oxidation sites excluding steroid dienone is 1. The number of aryl methyl sites for hydroxylation is 1. The highest BCUT2D eigenvalue weighted by molar-refractivity contribution is 8.00. The molecule has 0 saturated carbocycles. The maximum atomic E-state index is 12.8. The number of amides is 2. The molecular weight excluding hydrogens is 368 g/mol. The topological polar surface area (TPSA) is 111 Å². The summed E-state index contributed by atoms with van der Waals surface area (Å²) in [5, 5.41) is 11.3. The summed E-state index contributed by atoms with van der Waals surface area (Å²) in [5.41, 5.74) is 7.29. The number of aromatic nitrogens is 1. The summed E-state index contributed by atoms with van der Waals surface area (Å²) in [5.74, 6) is -1.66. The van der Waals surface area contributed by atoms with Gasteiger partial charge in [0, 0.05) is 23.9 Å². The molecule has 0 unspecified atom stereocenters. The van der Waals surface area contributed by atoms with Crippen LogP contribution in [0.15, 0.2) is 47.4 Å². The Bertz CT molecular complexity index is 926. The van der Waals surface area contributed by atoms with Crippen molar-refractivity contribution in [2.75, 3.05) is 17.2 Å². The molecule has 2 amide bonds. The summed E-state index contributed by atoms with van der Waals surface area (Å²) in [6.45, 7) is 0.520. The van der Waals surface area contributed by atoms with Crippen LogP contribution < -0.4 is 20.3 Å². The average molecular weight is 386 g/mol. The molecule has 3 aliphatic heterocycles.